The summed E-state index contributed by atoms with van der Waals surface area (Å²) in [6.45, 7) is -0.162. The Hall–Kier alpha value is -1.95. The second kappa shape index (κ2) is 5.79. The quantitative estimate of drug-likeness (QED) is 0.779. The van der Waals surface area contributed by atoms with Gasteiger partial charge in [-0.3, -0.25) is 9.69 Å². The zero-order valence-electron chi connectivity index (χ0n) is 10.3. The Morgan fingerprint density at radius 1 is 1.47 bits per heavy atom. The number of aldehydes is 1. The molecule has 0 aromatic heterocycles. The van der Waals surface area contributed by atoms with E-state index in [1.165, 1.54) is 0 Å². The van der Waals surface area contributed by atoms with Gasteiger partial charge in [-0.25, -0.2) is 9.18 Å². The minimum atomic E-state index is -2.43. The van der Waals surface area contributed by atoms with E-state index in [1.54, 1.807) is 0 Å². The van der Waals surface area contributed by atoms with Crippen LogP contribution in [0.1, 0.15) is 5.56 Å². The Labute approximate surface area is 109 Å². The molecule has 1 saturated heterocycles. The van der Waals surface area contributed by atoms with Crippen molar-refractivity contribution in [1.29, 1.82) is 0 Å². The van der Waals surface area contributed by atoms with E-state index in [1.807, 2.05) is 30.3 Å². The van der Waals surface area contributed by atoms with E-state index in [0.29, 0.717) is 0 Å². The lowest BCUT2D eigenvalue weighted by Crippen LogP contribution is -2.52. The predicted molar refractivity (Wildman–Crippen MR) is 64.1 cm³/mol. The molecule has 5 nitrogen and oxygen atoms in total. The van der Waals surface area contributed by atoms with Crippen LogP contribution < -0.4 is 0 Å². The number of rotatable bonds is 3. The molecule has 1 aromatic rings. The minimum Gasteiger partial charge on any atom is -0.445 e. The number of nitrogens with zero attached hydrogens (tertiary/aromatic N) is 1. The standard InChI is InChI=1S/C13H14FNO4/c14-13(10-16)9-15(6-7-19-13)12(17)18-8-11-4-2-1-3-5-11/h1-5,10H,6-9H2. The van der Waals surface area contributed by atoms with E-state index in [-0.39, 0.29) is 26.0 Å². The lowest BCUT2D eigenvalue weighted by Gasteiger charge is -2.33. The van der Waals surface area contributed by atoms with Gasteiger partial charge in [0.25, 0.3) is 5.85 Å². The van der Waals surface area contributed by atoms with Crippen LogP contribution in [0.15, 0.2) is 30.3 Å². The van der Waals surface area contributed by atoms with Gasteiger partial charge in [0.1, 0.15) is 6.61 Å². The van der Waals surface area contributed by atoms with Gasteiger partial charge in [-0.2, -0.15) is 0 Å². The molecular weight excluding hydrogens is 253 g/mol. The highest BCUT2D eigenvalue weighted by Gasteiger charge is 2.39. The molecule has 2 rings (SSSR count). The molecule has 0 radical (unpaired) electrons. The van der Waals surface area contributed by atoms with E-state index in [0.717, 1.165) is 10.5 Å². The summed E-state index contributed by atoms with van der Waals surface area (Å²) in [5.74, 6) is -2.43. The van der Waals surface area contributed by atoms with Crippen LogP contribution in [0.4, 0.5) is 9.18 Å². The molecule has 0 saturated carbocycles. The molecule has 102 valence electrons. The summed E-state index contributed by atoms with van der Waals surface area (Å²) in [6, 6.07) is 9.15. The third-order valence-corrected chi connectivity index (χ3v) is 2.75. The van der Waals surface area contributed by atoms with E-state index < -0.39 is 18.5 Å². The molecule has 1 atom stereocenters. The maximum absolute atomic E-state index is 13.6. The molecule has 1 fully saturated rings. The number of hydrogen-bond acceptors (Lipinski definition) is 4. The molecule has 1 unspecified atom stereocenters. The fraction of sp³-hybridized carbons (Fsp3) is 0.385. The SMILES string of the molecule is O=CC1(F)CN(C(=O)OCc2ccccc2)CCO1. The highest BCUT2D eigenvalue weighted by Crippen LogP contribution is 2.18. The van der Waals surface area contributed by atoms with Crippen LogP contribution in [0.2, 0.25) is 0 Å². The average Bonchev–Trinajstić information content (AvgIpc) is 2.46. The molecule has 0 aliphatic carbocycles. The molecular formula is C13H14FNO4. The molecule has 0 N–H and O–H groups in total. The van der Waals surface area contributed by atoms with Crippen molar-refractivity contribution in [3.63, 3.8) is 0 Å². The molecule has 6 heteroatoms. The van der Waals surface area contributed by atoms with Gasteiger partial charge in [-0.15, -0.1) is 0 Å². The fourth-order valence-electron chi connectivity index (χ4n) is 1.75. The number of amides is 1. The van der Waals surface area contributed by atoms with Crippen LogP contribution in [0.5, 0.6) is 0 Å². The molecule has 0 bridgehead atoms. The summed E-state index contributed by atoms with van der Waals surface area (Å²) >= 11 is 0. The smallest absolute Gasteiger partial charge is 0.410 e. The van der Waals surface area contributed by atoms with Crippen LogP contribution in [0.25, 0.3) is 0 Å². The van der Waals surface area contributed by atoms with Crippen molar-refractivity contribution in [3.8, 4) is 0 Å². The summed E-state index contributed by atoms with van der Waals surface area (Å²) in [7, 11) is 0. The maximum atomic E-state index is 13.6. The number of carbonyl (C=O) groups is 2. The van der Waals surface area contributed by atoms with E-state index >= 15 is 0 Å². The largest absolute Gasteiger partial charge is 0.445 e. The highest BCUT2D eigenvalue weighted by molar-refractivity contribution is 5.70. The summed E-state index contributed by atoms with van der Waals surface area (Å²) in [5.41, 5.74) is 0.839. The number of carbonyl (C=O) groups excluding carboxylic acids is 2. The Bertz CT molecular complexity index is 453. The Kier molecular flexibility index (Phi) is 4.11. The monoisotopic (exact) mass is 267 g/mol. The van der Waals surface area contributed by atoms with Crippen molar-refractivity contribution in [1.82, 2.24) is 4.90 Å². The average molecular weight is 267 g/mol. The molecule has 1 heterocycles. The van der Waals surface area contributed by atoms with Gasteiger partial charge in [0.2, 0.25) is 0 Å². The number of alkyl halides is 1. The first-order chi connectivity index (χ1) is 9.13. The lowest BCUT2D eigenvalue weighted by atomic mass is 10.2. The molecule has 19 heavy (non-hydrogen) atoms. The van der Waals surface area contributed by atoms with Gasteiger partial charge in [-0.05, 0) is 5.56 Å². The van der Waals surface area contributed by atoms with Crippen LogP contribution in [0, 0.1) is 0 Å². The van der Waals surface area contributed by atoms with Gasteiger partial charge in [0.15, 0.2) is 6.29 Å². The van der Waals surface area contributed by atoms with Gasteiger partial charge in [0, 0.05) is 6.54 Å². The van der Waals surface area contributed by atoms with Gasteiger partial charge >= 0.3 is 6.09 Å². The third kappa shape index (κ3) is 3.51. The first kappa shape index (κ1) is 13.5. The van der Waals surface area contributed by atoms with Crippen LogP contribution in [-0.2, 0) is 20.9 Å². The Morgan fingerprint density at radius 3 is 2.89 bits per heavy atom. The van der Waals surface area contributed by atoms with Gasteiger partial charge < -0.3 is 9.47 Å². The Balaban J connectivity index is 1.88. The third-order valence-electron chi connectivity index (χ3n) is 2.75. The summed E-state index contributed by atoms with van der Waals surface area (Å²) < 4.78 is 23.4. The molecule has 0 spiro atoms. The zero-order chi connectivity index (χ0) is 13.7. The first-order valence-electron chi connectivity index (χ1n) is 5.88. The summed E-state index contributed by atoms with van der Waals surface area (Å²) in [5, 5.41) is 0. The van der Waals surface area contributed by atoms with Crippen LogP contribution >= 0.6 is 0 Å². The van der Waals surface area contributed by atoms with Crippen molar-refractivity contribution < 1.29 is 23.5 Å². The molecule has 1 aromatic carbocycles. The second-order valence-corrected chi connectivity index (χ2v) is 4.21. The van der Waals surface area contributed by atoms with Crippen molar-refractivity contribution in [2.45, 2.75) is 12.5 Å². The first-order valence-corrected chi connectivity index (χ1v) is 5.88. The maximum Gasteiger partial charge on any atom is 0.410 e. The number of morpholine rings is 1. The number of ether oxygens (including phenoxy) is 2. The van der Waals surface area contributed by atoms with E-state index in [9.17, 15) is 14.0 Å². The number of hydrogen-bond donors (Lipinski definition) is 0. The molecule has 1 amide bonds. The number of halogens is 1. The Morgan fingerprint density at radius 2 is 2.21 bits per heavy atom. The highest BCUT2D eigenvalue weighted by atomic mass is 19.2. The second-order valence-electron chi connectivity index (χ2n) is 4.21. The topological polar surface area (TPSA) is 55.8 Å². The van der Waals surface area contributed by atoms with Gasteiger partial charge in [0.05, 0.1) is 13.2 Å². The minimum absolute atomic E-state index is 0.0321. The molecule has 1 aliphatic rings. The van der Waals surface area contributed by atoms with Gasteiger partial charge in [-0.1, -0.05) is 30.3 Å². The van der Waals surface area contributed by atoms with Crippen LogP contribution in [-0.4, -0.2) is 42.8 Å². The van der Waals surface area contributed by atoms with Crippen LogP contribution in [0.3, 0.4) is 0 Å². The fourth-order valence-corrected chi connectivity index (χ4v) is 1.75. The van der Waals surface area contributed by atoms with Crippen molar-refractivity contribution in [2.24, 2.45) is 0 Å². The summed E-state index contributed by atoms with van der Waals surface area (Å²) in [6.07, 6.45) is -0.597. The van der Waals surface area contributed by atoms with E-state index in [2.05, 4.69) is 4.74 Å². The number of benzene rings is 1. The lowest BCUT2D eigenvalue weighted by molar-refractivity contribution is -0.181. The van der Waals surface area contributed by atoms with Crippen molar-refractivity contribution in [2.75, 3.05) is 19.7 Å². The summed E-state index contributed by atoms with van der Waals surface area (Å²) in [4.78, 5) is 23.4. The van der Waals surface area contributed by atoms with Crippen molar-refractivity contribution >= 4 is 12.4 Å². The van der Waals surface area contributed by atoms with Crippen molar-refractivity contribution in [3.05, 3.63) is 35.9 Å². The molecule has 1 aliphatic heterocycles. The predicted octanol–water partition coefficient (Wildman–Crippen LogP) is 1.52. The zero-order valence-corrected chi connectivity index (χ0v) is 10.3. The normalized spacial score (nSPS) is 22.9. The van der Waals surface area contributed by atoms with E-state index in [4.69, 9.17) is 4.74 Å².